The zero-order valence-electron chi connectivity index (χ0n) is 34.8. The Morgan fingerprint density at radius 3 is 2.23 bits per heavy atom. The molecule has 9 aromatic rings. The third-order valence-electron chi connectivity index (χ3n) is 7.56. The topological polar surface area (TPSA) is 30.7 Å². The summed E-state index contributed by atoms with van der Waals surface area (Å²) in [6, 6.07) is 17.4. The lowest BCUT2D eigenvalue weighted by Gasteiger charge is -2.11. The fourth-order valence-electron chi connectivity index (χ4n) is 5.60. The SMILES string of the molecule is [2H]c1c([2H])c([2H])c(-n2c3c([2H])c([2H])c([2H])c([2H])c3c3c([2H])c([2H])c(-c4cc(-c5cccc6c5sc5ccccc56)nc(-c5ccccc5)n4)c([2H])c32)c([2H])c1[2H]. The molecule has 0 aliphatic rings. The molecule has 0 spiro atoms. The van der Waals surface area contributed by atoms with Crippen molar-refractivity contribution in [1.29, 1.82) is 0 Å². The standard InChI is InChI=1S/C40H25N3S/c1-3-12-26(13-4-1)40-41-34(25-35(42-40)33-19-11-18-32-31-17-8-10-21-38(31)44-39(32)33)27-22-23-30-29-16-7-9-20-36(29)43(37(30)24-27)28-14-5-2-6-15-28/h1-25H/i2D,5D,6D,7D,9D,14D,15D,16D,20D,22D,23D,24D. The Bertz CT molecular complexity index is 3150. The Morgan fingerprint density at radius 2 is 1.32 bits per heavy atom. The summed E-state index contributed by atoms with van der Waals surface area (Å²) in [7, 11) is 0. The van der Waals surface area contributed by atoms with Gasteiger partial charge in [-0.2, -0.15) is 0 Å². The predicted molar refractivity (Wildman–Crippen MR) is 186 cm³/mol. The molecular formula is C40H25N3S. The van der Waals surface area contributed by atoms with E-state index in [0.717, 1.165) is 30.3 Å². The van der Waals surface area contributed by atoms with Gasteiger partial charge in [0.15, 0.2) is 5.82 Å². The molecule has 9 rings (SSSR count). The molecule has 0 unspecified atom stereocenters. The van der Waals surface area contributed by atoms with E-state index in [1.54, 1.807) is 17.4 Å². The number of hydrogen-bond donors (Lipinski definition) is 0. The highest BCUT2D eigenvalue weighted by molar-refractivity contribution is 7.26. The minimum atomic E-state index is -0.699. The van der Waals surface area contributed by atoms with Crippen molar-refractivity contribution in [3.05, 3.63) is 151 Å². The lowest BCUT2D eigenvalue weighted by Crippen LogP contribution is -1.97. The largest absolute Gasteiger partial charge is 0.309 e. The van der Waals surface area contributed by atoms with Gasteiger partial charge in [-0.1, -0.05) is 115 Å². The van der Waals surface area contributed by atoms with Gasteiger partial charge >= 0.3 is 0 Å². The molecule has 0 N–H and O–H groups in total. The van der Waals surface area contributed by atoms with Crippen LogP contribution in [0.5, 0.6) is 0 Å². The minimum Gasteiger partial charge on any atom is -0.309 e. The van der Waals surface area contributed by atoms with E-state index >= 15 is 0 Å². The first-order valence-corrected chi connectivity index (χ1v) is 14.6. The number of hydrogen-bond acceptors (Lipinski definition) is 3. The van der Waals surface area contributed by atoms with Gasteiger partial charge in [-0.05, 0) is 36.3 Å². The van der Waals surface area contributed by atoms with Crippen LogP contribution in [0.1, 0.15) is 16.4 Å². The maximum absolute atomic E-state index is 9.78. The van der Waals surface area contributed by atoms with Crippen LogP contribution in [0.2, 0.25) is 0 Å². The smallest absolute Gasteiger partial charge is 0.160 e. The molecule has 206 valence electrons. The Morgan fingerprint density at radius 1 is 0.568 bits per heavy atom. The fraction of sp³-hybridized carbons (Fsp3) is 0. The normalized spacial score (nSPS) is 15.5. The summed E-state index contributed by atoms with van der Waals surface area (Å²) in [6.07, 6.45) is 0. The van der Waals surface area contributed by atoms with Gasteiger partial charge in [-0.15, -0.1) is 11.3 Å². The summed E-state index contributed by atoms with van der Waals surface area (Å²) in [5, 5.41) is 1.67. The molecule has 0 bridgehead atoms. The fourth-order valence-corrected chi connectivity index (χ4v) is 6.82. The molecule has 0 fully saturated rings. The molecule has 0 saturated heterocycles. The van der Waals surface area contributed by atoms with Gasteiger partial charge in [0, 0.05) is 53.3 Å². The predicted octanol–water partition coefficient (Wildman–Crippen LogP) is 10.9. The number of nitrogens with zero attached hydrogens (tertiary/aromatic N) is 3. The van der Waals surface area contributed by atoms with Gasteiger partial charge in [0.25, 0.3) is 0 Å². The highest BCUT2D eigenvalue weighted by Gasteiger charge is 2.17. The van der Waals surface area contributed by atoms with E-state index in [-0.39, 0.29) is 38.9 Å². The molecule has 0 radical (unpaired) electrons. The third kappa shape index (κ3) is 3.96. The van der Waals surface area contributed by atoms with Crippen molar-refractivity contribution in [3.63, 3.8) is 0 Å². The molecule has 0 aliphatic heterocycles. The molecule has 0 saturated carbocycles. The van der Waals surface area contributed by atoms with Crippen molar-refractivity contribution in [1.82, 2.24) is 14.5 Å². The number of rotatable bonds is 4. The average molecular weight is 592 g/mol. The van der Waals surface area contributed by atoms with Gasteiger partial charge in [0.1, 0.15) is 0 Å². The second-order valence-electron chi connectivity index (χ2n) is 10.1. The third-order valence-corrected chi connectivity index (χ3v) is 8.78. The first-order chi connectivity index (χ1) is 26.8. The lowest BCUT2D eigenvalue weighted by atomic mass is 10.0. The molecule has 3 heterocycles. The highest BCUT2D eigenvalue weighted by atomic mass is 32.1. The van der Waals surface area contributed by atoms with Crippen LogP contribution in [0.3, 0.4) is 0 Å². The molecule has 44 heavy (non-hydrogen) atoms. The van der Waals surface area contributed by atoms with Crippen LogP contribution in [-0.4, -0.2) is 14.5 Å². The molecular weight excluding hydrogens is 555 g/mol. The second kappa shape index (κ2) is 10.0. The zero-order chi connectivity index (χ0) is 39.5. The van der Waals surface area contributed by atoms with Gasteiger partial charge in [-0.25, -0.2) is 9.97 Å². The molecule has 6 aromatic carbocycles. The molecule has 3 nitrogen and oxygen atoms in total. The maximum atomic E-state index is 9.78. The number of benzene rings is 6. The minimum absolute atomic E-state index is 0.0924. The summed E-state index contributed by atoms with van der Waals surface area (Å²) < 4.78 is 109. The summed E-state index contributed by atoms with van der Waals surface area (Å²) in [5.41, 5.74) is 0.827. The van der Waals surface area contributed by atoms with Crippen LogP contribution < -0.4 is 0 Å². The number of thiophene rings is 1. The Kier molecular flexibility index (Phi) is 3.59. The second-order valence-corrected chi connectivity index (χ2v) is 11.2. The summed E-state index contributed by atoms with van der Waals surface area (Å²) in [4.78, 5) is 9.83. The van der Waals surface area contributed by atoms with Gasteiger partial charge in [0.2, 0.25) is 0 Å². The molecule has 3 aromatic heterocycles. The van der Waals surface area contributed by atoms with Crippen LogP contribution in [0.25, 0.3) is 81.6 Å². The Labute approximate surface area is 275 Å². The lowest BCUT2D eigenvalue weighted by molar-refractivity contribution is 1.17. The van der Waals surface area contributed by atoms with E-state index < -0.39 is 78.2 Å². The molecule has 0 amide bonds. The van der Waals surface area contributed by atoms with E-state index in [4.69, 9.17) is 22.3 Å². The van der Waals surface area contributed by atoms with Crippen molar-refractivity contribution in [2.75, 3.05) is 0 Å². The van der Waals surface area contributed by atoms with E-state index in [1.165, 1.54) is 0 Å². The monoisotopic (exact) mass is 591 g/mol. The summed E-state index contributed by atoms with van der Waals surface area (Å²) >= 11 is 1.60. The van der Waals surface area contributed by atoms with E-state index in [1.807, 2.05) is 66.7 Å². The van der Waals surface area contributed by atoms with Gasteiger partial charge < -0.3 is 4.57 Å². The van der Waals surface area contributed by atoms with Crippen molar-refractivity contribution in [3.8, 4) is 39.6 Å². The van der Waals surface area contributed by atoms with E-state index in [2.05, 4.69) is 6.07 Å². The number of para-hydroxylation sites is 2. The quantitative estimate of drug-likeness (QED) is 0.204. The van der Waals surface area contributed by atoms with Crippen molar-refractivity contribution >= 4 is 53.3 Å². The maximum Gasteiger partial charge on any atom is 0.160 e. The van der Waals surface area contributed by atoms with E-state index in [0.29, 0.717) is 11.3 Å². The van der Waals surface area contributed by atoms with Crippen molar-refractivity contribution in [2.45, 2.75) is 0 Å². The van der Waals surface area contributed by atoms with Gasteiger partial charge in [0.05, 0.1) is 38.9 Å². The van der Waals surface area contributed by atoms with Crippen LogP contribution in [0.4, 0.5) is 0 Å². The van der Waals surface area contributed by atoms with Crippen molar-refractivity contribution < 1.29 is 16.4 Å². The summed E-state index contributed by atoms with van der Waals surface area (Å²) in [6.45, 7) is 0. The Hall–Kier alpha value is -5.58. The summed E-state index contributed by atoms with van der Waals surface area (Å²) in [5.74, 6) is 0.271. The number of fused-ring (bicyclic) bond motifs is 6. The van der Waals surface area contributed by atoms with Crippen LogP contribution in [0, 0.1) is 0 Å². The van der Waals surface area contributed by atoms with Crippen LogP contribution in [-0.2, 0) is 0 Å². The van der Waals surface area contributed by atoms with Crippen LogP contribution >= 0.6 is 11.3 Å². The van der Waals surface area contributed by atoms with Crippen molar-refractivity contribution in [2.24, 2.45) is 0 Å². The zero-order valence-corrected chi connectivity index (χ0v) is 23.6. The molecule has 0 aliphatic carbocycles. The first-order valence-electron chi connectivity index (χ1n) is 19.8. The van der Waals surface area contributed by atoms with E-state index in [9.17, 15) is 4.11 Å². The molecule has 4 heteroatoms. The van der Waals surface area contributed by atoms with Gasteiger partial charge in [-0.3, -0.25) is 0 Å². The first kappa shape index (κ1) is 15.8. The Balaban J connectivity index is 1.45. The number of aromatic nitrogens is 3. The average Bonchev–Trinajstić information content (AvgIpc) is 3.77. The molecule has 0 atom stereocenters. The van der Waals surface area contributed by atoms with Crippen LogP contribution in [0.15, 0.2) is 151 Å². The highest BCUT2D eigenvalue weighted by Crippen LogP contribution is 2.41.